The summed E-state index contributed by atoms with van der Waals surface area (Å²) in [6, 6.07) is 0.0217. The van der Waals surface area contributed by atoms with Crippen molar-refractivity contribution in [3.63, 3.8) is 0 Å². The molecule has 0 aliphatic rings. The van der Waals surface area contributed by atoms with E-state index in [1.807, 2.05) is 13.8 Å². The molecule has 0 fully saturated rings. The molecule has 0 rings (SSSR count). The highest BCUT2D eigenvalue weighted by Crippen LogP contribution is 2.07. The first kappa shape index (κ1) is 18.3. The summed E-state index contributed by atoms with van der Waals surface area (Å²) in [5.41, 5.74) is 0. The zero-order chi connectivity index (χ0) is 13.8. The third-order valence-corrected chi connectivity index (χ3v) is 2.05. The van der Waals surface area contributed by atoms with Crippen molar-refractivity contribution >= 4 is 5.91 Å². The quantitative estimate of drug-likeness (QED) is 0.743. The van der Waals surface area contributed by atoms with Gasteiger partial charge in [-0.05, 0) is 25.8 Å². The van der Waals surface area contributed by atoms with Gasteiger partial charge in [-0.1, -0.05) is 39.3 Å². The van der Waals surface area contributed by atoms with Crippen LogP contribution >= 0.6 is 0 Å². The average molecular weight is 243 g/mol. The van der Waals surface area contributed by atoms with Gasteiger partial charge < -0.3 is 5.32 Å². The van der Waals surface area contributed by atoms with Crippen LogP contribution in [-0.2, 0) is 4.79 Å². The first-order valence-corrected chi connectivity index (χ1v) is 6.16. The van der Waals surface area contributed by atoms with Crippen LogP contribution in [0.3, 0.4) is 0 Å². The fraction of sp³-hybridized carbons (Fsp3) is 0.643. The lowest BCUT2D eigenvalue weighted by Crippen LogP contribution is -2.34. The van der Waals surface area contributed by atoms with E-state index in [1.165, 1.54) is 25.5 Å². The van der Waals surface area contributed by atoms with E-state index in [1.54, 1.807) is 13.0 Å². The Balaban J connectivity index is 0. The van der Waals surface area contributed by atoms with E-state index >= 15 is 0 Å². The van der Waals surface area contributed by atoms with Crippen LogP contribution in [0.2, 0.25) is 0 Å². The summed E-state index contributed by atoms with van der Waals surface area (Å²) in [5, 5.41) is 2.75. The van der Waals surface area contributed by atoms with Crippen LogP contribution in [0.1, 0.15) is 48.0 Å². The molecule has 2 unspecified atom stereocenters. The molecule has 0 aromatic heterocycles. The number of nitrogens with one attached hydrogen (secondary N) is 1. The highest BCUT2D eigenvalue weighted by molar-refractivity contribution is 5.73. The van der Waals surface area contributed by atoms with Gasteiger partial charge >= 0.3 is 0 Å². The molecule has 1 amide bonds. The van der Waals surface area contributed by atoms with Crippen molar-refractivity contribution in [1.29, 1.82) is 0 Å². The third-order valence-electron chi connectivity index (χ3n) is 2.05. The van der Waals surface area contributed by atoms with Crippen molar-refractivity contribution in [1.82, 2.24) is 5.32 Å². The normalized spacial score (nSPS) is 14.9. The summed E-state index contributed by atoms with van der Waals surface area (Å²) in [4.78, 5) is 10.7. The van der Waals surface area contributed by atoms with E-state index in [2.05, 4.69) is 19.2 Å². The van der Waals surface area contributed by atoms with Gasteiger partial charge in [-0.3, -0.25) is 4.79 Å². The number of hydrogen-bond acceptors (Lipinski definition) is 1. The lowest BCUT2D eigenvalue weighted by Gasteiger charge is -2.16. The number of hydrogen-bond donors (Lipinski definition) is 1. The summed E-state index contributed by atoms with van der Waals surface area (Å²) >= 11 is 0. The van der Waals surface area contributed by atoms with E-state index < -0.39 is 0 Å². The fourth-order valence-electron chi connectivity index (χ4n) is 0.959. The van der Waals surface area contributed by atoms with Crippen LogP contribution in [0.15, 0.2) is 24.1 Å². The van der Waals surface area contributed by atoms with Gasteiger partial charge in [0.15, 0.2) is 0 Å². The second-order valence-corrected chi connectivity index (χ2v) is 4.09. The van der Waals surface area contributed by atoms with Gasteiger partial charge in [0.05, 0.1) is 0 Å². The smallest absolute Gasteiger partial charge is 0.217 e. The zero-order valence-corrected chi connectivity index (χ0v) is 11.9. The average Bonchev–Trinajstić information content (AvgIpc) is 2.25. The third kappa shape index (κ3) is 12.8. The van der Waals surface area contributed by atoms with E-state index in [9.17, 15) is 9.18 Å². The minimum atomic E-state index is -0.258. The summed E-state index contributed by atoms with van der Waals surface area (Å²) in [6.45, 7) is 11.2. The maximum absolute atomic E-state index is 12.7. The molecule has 1 N–H and O–H groups in total. The molecule has 0 aliphatic heterocycles. The van der Waals surface area contributed by atoms with Crippen LogP contribution in [0, 0.1) is 5.92 Å². The summed E-state index contributed by atoms with van der Waals surface area (Å²) in [7, 11) is 0. The molecule has 2 atom stereocenters. The van der Waals surface area contributed by atoms with Crippen molar-refractivity contribution in [2.24, 2.45) is 5.92 Å². The van der Waals surface area contributed by atoms with Crippen LogP contribution < -0.4 is 5.32 Å². The predicted octanol–water partition coefficient (Wildman–Crippen LogP) is 3.99. The Hall–Kier alpha value is -1.12. The molecule has 0 aromatic rings. The van der Waals surface area contributed by atoms with Gasteiger partial charge in [0.1, 0.15) is 5.83 Å². The Bertz CT molecular complexity index is 259. The molecule has 0 aromatic carbocycles. The van der Waals surface area contributed by atoms with Gasteiger partial charge in [-0.25, -0.2) is 4.39 Å². The molecule has 0 saturated carbocycles. The van der Waals surface area contributed by atoms with Crippen molar-refractivity contribution in [2.45, 2.75) is 54.0 Å². The summed E-state index contributed by atoms with van der Waals surface area (Å²) in [5.74, 6) is -0.208. The predicted molar refractivity (Wildman–Crippen MR) is 72.4 cm³/mol. The Morgan fingerprint density at radius 2 is 1.82 bits per heavy atom. The number of carbonyl (C=O) groups excluding carboxylic acids is 1. The number of carbonyl (C=O) groups is 1. The zero-order valence-electron chi connectivity index (χ0n) is 11.9. The molecule has 0 aliphatic carbocycles. The highest BCUT2D eigenvalue weighted by atomic mass is 19.1. The minimum Gasteiger partial charge on any atom is -0.353 e. The minimum absolute atomic E-state index is 0.0217. The first-order valence-electron chi connectivity index (χ1n) is 6.16. The van der Waals surface area contributed by atoms with Gasteiger partial charge in [-0.2, -0.15) is 0 Å². The molecule has 0 bridgehead atoms. The topological polar surface area (TPSA) is 29.1 Å². The molecule has 0 spiro atoms. The van der Waals surface area contributed by atoms with Crippen LogP contribution in [-0.4, -0.2) is 11.9 Å². The SMILES string of the molecule is C/C=C(F)\C=C/C(C)C(C)NC(C)=O.CCC. The Labute approximate surface area is 105 Å². The molecule has 0 heterocycles. The van der Waals surface area contributed by atoms with Gasteiger partial charge in [-0.15, -0.1) is 0 Å². The van der Waals surface area contributed by atoms with Crippen molar-refractivity contribution < 1.29 is 9.18 Å². The summed E-state index contributed by atoms with van der Waals surface area (Å²) < 4.78 is 12.7. The fourth-order valence-corrected chi connectivity index (χ4v) is 0.959. The van der Waals surface area contributed by atoms with Crippen molar-refractivity contribution in [2.75, 3.05) is 0 Å². The first-order chi connectivity index (χ1) is 7.88. The van der Waals surface area contributed by atoms with E-state index in [0.717, 1.165) is 0 Å². The number of rotatable bonds is 4. The molecular weight excluding hydrogens is 217 g/mol. The van der Waals surface area contributed by atoms with Crippen LogP contribution in [0.5, 0.6) is 0 Å². The van der Waals surface area contributed by atoms with Gasteiger partial charge in [0.2, 0.25) is 5.91 Å². The van der Waals surface area contributed by atoms with Crippen molar-refractivity contribution in [3.8, 4) is 0 Å². The van der Waals surface area contributed by atoms with Crippen LogP contribution in [0.25, 0.3) is 0 Å². The molecule has 17 heavy (non-hydrogen) atoms. The standard InChI is InChI=1S/C11H18FNO.C3H8/c1-5-11(12)7-6-8(2)9(3)13-10(4)14;1-3-2/h5-9H,1-4H3,(H,13,14);3H2,1-2H3/b7-6-,11-5+;. The van der Waals surface area contributed by atoms with Crippen molar-refractivity contribution in [3.05, 3.63) is 24.1 Å². The molecule has 0 saturated heterocycles. The maximum Gasteiger partial charge on any atom is 0.217 e. The highest BCUT2D eigenvalue weighted by Gasteiger charge is 2.09. The number of amides is 1. The second-order valence-electron chi connectivity index (χ2n) is 4.09. The molecule has 3 heteroatoms. The monoisotopic (exact) mass is 243 g/mol. The van der Waals surface area contributed by atoms with Gasteiger partial charge in [0.25, 0.3) is 0 Å². The summed E-state index contributed by atoms with van der Waals surface area (Å²) in [6.07, 6.45) is 5.81. The Morgan fingerprint density at radius 1 is 1.35 bits per heavy atom. The molecule has 0 radical (unpaired) electrons. The lowest BCUT2D eigenvalue weighted by atomic mass is 10.0. The molecule has 100 valence electrons. The van der Waals surface area contributed by atoms with Crippen LogP contribution in [0.4, 0.5) is 4.39 Å². The maximum atomic E-state index is 12.7. The number of allylic oxidation sites excluding steroid dienone is 3. The van der Waals surface area contributed by atoms with Gasteiger partial charge in [0, 0.05) is 13.0 Å². The van der Waals surface area contributed by atoms with E-state index in [-0.39, 0.29) is 23.7 Å². The largest absolute Gasteiger partial charge is 0.353 e. The van der Waals surface area contributed by atoms with E-state index in [4.69, 9.17) is 0 Å². The second kappa shape index (κ2) is 11.4. The Kier molecular flexibility index (Phi) is 12.2. The molecular formula is C14H26FNO. The molecule has 2 nitrogen and oxygen atoms in total. The Morgan fingerprint density at radius 3 is 2.18 bits per heavy atom. The lowest BCUT2D eigenvalue weighted by molar-refractivity contribution is -0.119. The van der Waals surface area contributed by atoms with E-state index in [0.29, 0.717) is 0 Å². The number of halogens is 1.